The Bertz CT molecular complexity index is 1100. The molecule has 1 unspecified atom stereocenters. The number of carbonyl (C=O) groups excluding carboxylic acids is 1. The highest BCUT2D eigenvalue weighted by molar-refractivity contribution is 6.00. The van der Waals surface area contributed by atoms with Gasteiger partial charge in [0, 0.05) is 17.2 Å². The first-order chi connectivity index (χ1) is 15.7. The molecule has 1 amide bonds. The van der Waals surface area contributed by atoms with E-state index in [-0.39, 0.29) is 18.0 Å². The van der Waals surface area contributed by atoms with Gasteiger partial charge in [0.15, 0.2) is 0 Å². The molecule has 2 aliphatic rings. The molecule has 0 bridgehead atoms. The Labute approximate surface area is 188 Å². The van der Waals surface area contributed by atoms with Crippen molar-refractivity contribution in [2.24, 2.45) is 0 Å². The highest BCUT2D eigenvalue weighted by Gasteiger charge is 2.45. The van der Waals surface area contributed by atoms with Crippen molar-refractivity contribution in [3.63, 3.8) is 0 Å². The monoisotopic (exact) mass is 431 g/mol. The fraction of sp³-hybridized carbons (Fsp3) is 0.385. The summed E-state index contributed by atoms with van der Waals surface area (Å²) in [5.41, 5.74) is 4.41. The van der Waals surface area contributed by atoms with E-state index < -0.39 is 0 Å². The van der Waals surface area contributed by atoms with Gasteiger partial charge in [-0.3, -0.25) is 9.89 Å². The lowest BCUT2D eigenvalue weighted by Gasteiger charge is -2.36. The first-order valence-electron chi connectivity index (χ1n) is 11.5. The summed E-state index contributed by atoms with van der Waals surface area (Å²) in [5.74, 6) is 1.66. The van der Waals surface area contributed by atoms with Crippen LogP contribution < -0.4 is 9.47 Å². The van der Waals surface area contributed by atoms with E-state index in [1.54, 1.807) is 7.11 Å². The molecule has 6 nitrogen and oxygen atoms in total. The van der Waals surface area contributed by atoms with Crippen molar-refractivity contribution in [2.45, 2.75) is 51.1 Å². The maximum absolute atomic E-state index is 13.6. The standard InChI is InChI=1S/C26H29N3O3/c1-3-32-21-11-7-8-18(16-21)25-22-23(17-12-14-20(31-2)15-13-17)27-28-24(22)26(30)29(25)19-9-5-4-6-10-19/h7-8,11-16,19,25H,3-6,9-10H2,1-2H3,(H,27,28). The number of nitrogens with one attached hydrogen (secondary N) is 1. The van der Waals surface area contributed by atoms with Gasteiger partial charge in [-0.2, -0.15) is 5.10 Å². The maximum atomic E-state index is 13.6. The van der Waals surface area contributed by atoms with E-state index in [2.05, 4.69) is 27.2 Å². The van der Waals surface area contributed by atoms with Crippen molar-refractivity contribution in [1.82, 2.24) is 15.1 Å². The first kappa shape index (κ1) is 20.6. The van der Waals surface area contributed by atoms with Crippen LogP contribution in [0.4, 0.5) is 0 Å². The second kappa shape index (κ2) is 8.69. The number of fused-ring (bicyclic) bond motifs is 1. The maximum Gasteiger partial charge on any atom is 0.273 e. The lowest BCUT2D eigenvalue weighted by atomic mass is 9.91. The van der Waals surface area contributed by atoms with E-state index >= 15 is 0 Å². The van der Waals surface area contributed by atoms with Gasteiger partial charge in [0.05, 0.1) is 25.5 Å². The van der Waals surface area contributed by atoms with Gasteiger partial charge in [0.25, 0.3) is 5.91 Å². The van der Waals surface area contributed by atoms with E-state index in [4.69, 9.17) is 9.47 Å². The van der Waals surface area contributed by atoms with Crippen molar-refractivity contribution in [2.75, 3.05) is 13.7 Å². The number of benzene rings is 2. The fourth-order valence-electron chi connectivity index (χ4n) is 5.14. The van der Waals surface area contributed by atoms with Crippen molar-refractivity contribution < 1.29 is 14.3 Å². The van der Waals surface area contributed by atoms with Crippen LogP contribution >= 0.6 is 0 Å². The topological polar surface area (TPSA) is 67.5 Å². The molecule has 2 heterocycles. The van der Waals surface area contributed by atoms with E-state index in [1.807, 2.05) is 43.3 Å². The largest absolute Gasteiger partial charge is 0.497 e. The number of hydrogen-bond acceptors (Lipinski definition) is 4. The van der Waals surface area contributed by atoms with Crippen LogP contribution in [0.1, 0.15) is 66.7 Å². The Morgan fingerprint density at radius 2 is 1.84 bits per heavy atom. The first-order valence-corrected chi connectivity index (χ1v) is 11.5. The molecule has 3 aromatic rings. The van der Waals surface area contributed by atoms with Gasteiger partial charge < -0.3 is 14.4 Å². The Hall–Kier alpha value is -3.28. The summed E-state index contributed by atoms with van der Waals surface area (Å²) in [6.07, 6.45) is 5.66. The molecule has 1 aromatic heterocycles. The summed E-state index contributed by atoms with van der Waals surface area (Å²) in [6, 6.07) is 16.0. The third-order valence-electron chi connectivity index (χ3n) is 6.62. The highest BCUT2D eigenvalue weighted by atomic mass is 16.5. The van der Waals surface area contributed by atoms with Gasteiger partial charge in [-0.05, 0) is 61.7 Å². The molecule has 2 aromatic carbocycles. The fourth-order valence-corrected chi connectivity index (χ4v) is 5.14. The molecule has 6 heteroatoms. The van der Waals surface area contributed by atoms with Crippen LogP contribution in [0, 0.1) is 0 Å². The molecule has 1 aliphatic heterocycles. The normalized spacial score (nSPS) is 18.6. The summed E-state index contributed by atoms with van der Waals surface area (Å²) >= 11 is 0. The van der Waals surface area contributed by atoms with Crippen LogP contribution in [0.5, 0.6) is 11.5 Å². The molecule has 5 rings (SSSR count). The van der Waals surface area contributed by atoms with E-state index in [0.717, 1.165) is 59.6 Å². The molecule has 0 radical (unpaired) electrons. The molecule has 1 N–H and O–H groups in total. The minimum absolute atomic E-state index is 0.0472. The van der Waals surface area contributed by atoms with Crippen molar-refractivity contribution in [3.05, 3.63) is 65.4 Å². The average molecular weight is 432 g/mol. The molecule has 1 aliphatic carbocycles. The van der Waals surface area contributed by atoms with Gasteiger partial charge >= 0.3 is 0 Å². The minimum Gasteiger partial charge on any atom is -0.497 e. The summed E-state index contributed by atoms with van der Waals surface area (Å²) in [4.78, 5) is 15.7. The Kier molecular flexibility index (Phi) is 5.60. The molecule has 166 valence electrons. The number of rotatable bonds is 6. The Morgan fingerprint density at radius 3 is 2.56 bits per heavy atom. The number of H-pyrrole nitrogens is 1. The number of amides is 1. The zero-order valence-electron chi connectivity index (χ0n) is 18.6. The smallest absolute Gasteiger partial charge is 0.273 e. The molecule has 0 spiro atoms. The predicted octanol–water partition coefficient (Wildman–Crippen LogP) is 5.36. The lowest BCUT2D eigenvalue weighted by Crippen LogP contribution is -2.40. The van der Waals surface area contributed by atoms with Crippen LogP contribution in [0.2, 0.25) is 0 Å². The Morgan fingerprint density at radius 1 is 1.06 bits per heavy atom. The quantitative estimate of drug-likeness (QED) is 0.570. The van der Waals surface area contributed by atoms with E-state index in [1.165, 1.54) is 6.42 Å². The molecule has 1 fully saturated rings. The van der Waals surface area contributed by atoms with Gasteiger partial charge in [0.1, 0.15) is 17.2 Å². The van der Waals surface area contributed by atoms with Crippen molar-refractivity contribution >= 4 is 5.91 Å². The average Bonchev–Trinajstić information content (AvgIpc) is 3.39. The second-order valence-corrected chi connectivity index (χ2v) is 8.50. The minimum atomic E-state index is -0.183. The number of carbonyl (C=O) groups is 1. The summed E-state index contributed by atoms with van der Waals surface area (Å²) in [7, 11) is 1.66. The second-order valence-electron chi connectivity index (χ2n) is 8.50. The van der Waals surface area contributed by atoms with Gasteiger partial charge in [-0.25, -0.2) is 0 Å². The molecule has 1 saturated carbocycles. The molecular weight excluding hydrogens is 402 g/mol. The molecular formula is C26H29N3O3. The van der Waals surface area contributed by atoms with Crippen molar-refractivity contribution in [1.29, 1.82) is 0 Å². The number of aromatic nitrogens is 2. The van der Waals surface area contributed by atoms with Crippen LogP contribution in [0.25, 0.3) is 11.3 Å². The number of hydrogen-bond donors (Lipinski definition) is 1. The number of aromatic amines is 1. The van der Waals surface area contributed by atoms with Gasteiger partial charge in [0.2, 0.25) is 0 Å². The summed E-state index contributed by atoms with van der Waals surface area (Å²) < 4.78 is 11.1. The SMILES string of the molecule is CCOc1cccc(C2c3c(-c4ccc(OC)cc4)n[nH]c3C(=O)N2C2CCCCC2)c1. The van der Waals surface area contributed by atoms with E-state index in [9.17, 15) is 4.79 Å². The third-order valence-corrected chi connectivity index (χ3v) is 6.62. The zero-order valence-corrected chi connectivity index (χ0v) is 18.6. The van der Waals surface area contributed by atoms with Gasteiger partial charge in [-0.15, -0.1) is 0 Å². The highest BCUT2D eigenvalue weighted by Crippen LogP contribution is 2.46. The van der Waals surface area contributed by atoms with Crippen LogP contribution in [0.3, 0.4) is 0 Å². The third kappa shape index (κ3) is 3.53. The zero-order chi connectivity index (χ0) is 22.1. The summed E-state index contributed by atoms with van der Waals surface area (Å²) in [6.45, 7) is 2.59. The number of ether oxygens (including phenoxy) is 2. The molecule has 32 heavy (non-hydrogen) atoms. The van der Waals surface area contributed by atoms with Gasteiger partial charge in [-0.1, -0.05) is 31.4 Å². The molecule has 1 atom stereocenters. The van der Waals surface area contributed by atoms with Crippen LogP contribution in [-0.2, 0) is 0 Å². The van der Waals surface area contributed by atoms with Crippen molar-refractivity contribution in [3.8, 4) is 22.8 Å². The number of methoxy groups -OCH3 is 1. The lowest BCUT2D eigenvalue weighted by molar-refractivity contribution is 0.0606. The van der Waals surface area contributed by atoms with E-state index in [0.29, 0.717) is 12.3 Å². The Balaban J connectivity index is 1.63. The van der Waals surface area contributed by atoms with Crippen LogP contribution in [-0.4, -0.2) is 40.8 Å². The number of nitrogens with zero attached hydrogens (tertiary/aromatic N) is 2. The predicted molar refractivity (Wildman–Crippen MR) is 123 cm³/mol. The molecule has 0 saturated heterocycles. The summed E-state index contributed by atoms with van der Waals surface area (Å²) in [5, 5.41) is 7.65. The van der Waals surface area contributed by atoms with Crippen LogP contribution in [0.15, 0.2) is 48.5 Å².